The number of ketones is 1. The highest BCUT2D eigenvalue weighted by atomic mass is 16.2. The maximum absolute atomic E-state index is 12.3. The van der Waals surface area contributed by atoms with E-state index in [0.717, 1.165) is 24.2 Å². The summed E-state index contributed by atoms with van der Waals surface area (Å²) < 4.78 is 0. The lowest BCUT2D eigenvalue weighted by Crippen LogP contribution is -2.35. The Hall–Kier alpha value is -1.68. The molecule has 0 radical (unpaired) electrons. The summed E-state index contributed by atoms with van der Waals surface area (Å²) in [7, 11) is 0. The number of carbonyl (C=O) groups is 2. The highest BCUT2D eigenvalue weighted by Gasteiger charge is 2.31. The van der Waals surface area contributed by atoms with Gasteiger partial charge in [-0.1, -0.05) is 37.5 Å². The van der Waals surface area contributed by atoms with Crippen LogP contribution in [0, 0.1) is 5.92 Å². The maximum atomic E-state index is 12.3. The van der Waals surface area contributed by atoms with Gasteiger partial charge >= 0.3 is 0 Å². The monoisotopic (exact) mass is 328 g/mol. The molecule has 1 N–H and O–H groups in total. The van der Waals surface area contributed by atoms with Gasteiger partial charge in [0.2, 0.25) is 5.91 Å². The van der Waals surface area contributed by atoms with Gasteiger partial charge in [0.25, 0.3) is 0 Å². The van der Waals surface area contributed by atoms with Crippen LogP contribution in [0.2, 0.25) is 0 Å². The molecule has 1 saturated heterocycles. The lowest BCUT2D eigenvalue weighted by molar-refractivity contribution is -0.128. The topological polar surface area (TPSA) is 49.4 Å². The Bertz CT molecular complexity index is 593. The maximum Gasteiger partial charge on any atom is 0.224 e. The second-order valence-electron chi connectivity index (χ2n) is 7.34. The number of Topliss-reactive ketones (excluding diaryl/α,β-unsaturated/α-hetero) is 1. The Morgan fingerprint density at radius 2 is 2.04 bits per heavy atom. The van der Waals surface area contributed by atoms with Crippen molar-refractivity contribution in [3.8, 4) is 0 Å². The minimum atomic E-state index is 0.0894. The van der Waals surface area contributed by atoms with Gasteiger partial charge in [0.1, 0.15) is 0 Å². The van der Waals surface area contributed by atoms with Gasteiger partial charge in [-0.15, -0.1) is 0 Å². The molecule has 1 amide bonds. The lowest BCUT2D eigenvalue weighted by Gasteiger charge is -2.27. The third-order valence-electron chi connectivity index (χ3n) is 5.35. The Balaban J connectivity index is 1.49. The summed E-state index contributed by atoms with van der Waals surface area (Å²) in [6.45, 7) is 4.06. The van der Waals surface area contributed by atoms with Gasteiger partial charge in [-0.3, -0.25) is 9.59 Å². The minimum absolute atomic E-state index is 0.0894. The number of rotatable bonds is 6. The Labute approximate surface area is 144 Å². The van der Waals surface area contributed by atoms with Crippen LogP contribution in [-0.2, 0) is 11.3 Å². The largest absolute Gasteiger partial charge is 0.341 e. The standard InChI is InChI=1S/C20H28N2O2/c1-15(23)18-9-5-8-17(10-18)12-21-19-11-20(24)22(14-19)13-16-6-3-2-4-7-16/h5,8-10,16,19,21H,2-4,6-7,11-14H2,1H3. The van der Waals surface area contributed by atoms with Gasteiger partial charge in [-0.25, -0.2) is 0 Å². The molecule has 1 saturated carbocycles. The zero-order chi connectivity index (χ0) is 16.9. The van der Waals surface area contributed by atoms with Gasteiger partial charge in [0.15, 0.2) is 5.78 Å². The molecule has 1 heterocycles. The second kappa shape index (κ2) is 7.93. The first-order chi connectivity index (χ1) is 11.6. The molecule has 130 valence electrons. The van der Waals surface area contributed by atoms with Crippen molar-refractivity contribution < 1.29 is 9.59 Å². The summed E-state index contributed by atoms with van der Waals surface area (Å²) in [6, 6.07) is 7.95. The van der Waals surface area contributed by atoms with E-state index in [9.17, 15) is 9.59 Å². The van der Waals surface area contributed by atoms with Crippen LogP contribution >= 0.6 is 0 Å². The molecule has 3 rings (SSSR count). The van der Waals surface area contributed by atoms with Crippen LogP contribution in [-0.4, -0.2) is 35.7 Å². The summed E-state index contributed by atoms with van der Waals surface area (Å²) in [4.78, 5) is 25.8. The third-order valence-corrected chi connectivity index (χ3v) is 5.35. The number of hydrogen-bond donors (Lipinski definition) is 1. The van der Waals surface area contributed by atoms with Crippen LogP contribution in [0.3, 0.4) is 0 Å². The van der Waals surface area contributed by atoms with Crippen molar-refractivity contribution >= 4 is 11.7 Å². The average Bonchev–Trinajstić information content (AvgIpc) is 2.94. The zero-order valence-corrected chi connectivity index (χ0v) is 14.6. The number of nitrogens with one attached hydrogen (secondary N) is 1. The van der Waals surface area contributed by atoms with Gasteiger partial charge in [0.05, 0.1) is 0 Å². The van der Waals surface area contributed by atoms with Crippen molar-refractivity contribution in [1.82, 2.24) is 10.2 Å². The fourth-order valence-electron chi connectivity index (χ4n) is 3.93. The van der Waals surface area contributed by atoms with Crippen LogP contribution < -0.4 is 5.32 Å². The molecular weight excluding hydrogens is 300 g/mol. The first-order valence-corrected chi connectivity index (χ1v) is 9.23. The van der Waals surface area contributed by atoms with E-state index >= 15 is 0 Å². The molecule has 0 bridgehead atoms. The van der Waals surface area contributed by atoms with E-state index in [2.05, 4.69) is 10.2 Å². The number of amides is 1. The summed E-state index contributed by atoms with van der Waals surface area (Å²) in [6.07, 6.45) is 7.15. The molecule has 2 fully saturated rings. The second-order valence-corrected chi connectivity index (χ2v) is 7.34. The molecule has 2 aliphatic rings. The summed E-state index contributed by atoms with van der Waals surface area (Å²) in [5, 5.41) is 3.49. The normalized spacial score (nSPS) is 22.1. The molecule has 1 atom stereocenters. The number of benzene rings is 1. The molecule has 1 aliphatic carbocycles. The fourth-order valence-corrected chi connectivity index (χ4v) is 3.93. The van der Waals surface area contributed by atoms with Crippen LogP contribution in [0.1, 0.15) is 61.4 Å². The lowest BCUT2D eigenvalue weighted by atomic mass is 9.89. The number of hydrogen-bond acceptors (Lipinski definition) is 3. The Morgan fingerprint density at radius 3 is 2.79 bits per heavy atom. The summed E-state index contributed by atoms with van der Waals surface area (Å²) >= 11 is 0. The van der Waals surface area contributed by atoms with E-state index in [1.54, 1.807) is 6.92 Å². The van der Waals surface area contributed by atoms with Crippen LogP contribution in [0.25, 0.3) is 0 Å². The van der Waals surface area contributed by atoms with E-state index in [1.807, 2.05) is 24.3 Å². The molecule has 4 nitrogen and oxygen atoms in total. The number of likely N-dealkylation sites (tertiary alicyclic amines) is 1. The van der Waals surface area contributed by atoms with E-state index < -0.39 is 0 Å². The smallest absolute Gasteiger partial charge is 0.224 e. The molecule has 1 unspecified atom stereocenters. The third kappa shape index (κ3) is 4.44. The predicted molar refractivity (Wildman–Crippen MR) is 94.8 cm³/mol. The van der Waals surface area contributed by atoms with Gasteiger partial charge < -0.3 is 10.2 Å². The van der Waals surface area contributed by atoms with Gasteiger partial charge in [-0.2, -0.15) is 0 Å². The van der Waals surface area contributed by atoms with Crippen molar-refractivity contribution in [3.05, 3.63) is 35.4 Å². The van der Waals surface area contributed by atoms with Crippen molar-refractivity contribution in [2.24, 2.45) is 5.92 Å². The van der Waals surface area contributed by atoms with Gasteiger partial charge in [0, 0.05) is 37.7 Å². The van der Waals surface area contributed by atoms with Crippen molar-refractivity contribution in [1.29, 1.82) is 0 Å². The average molecular weight is 328 g/mol. The van der Waals surface area contributed by atoms with Crippen molar-refractivity contribution in [3.63, 3.8) is 0 Å². The summed E-state index contributed by atoms with van der Waals surface area (Å²) in [5.74, 6) is 1.08. The molecule has 1 aromatic carbocycles. The van der Waals surface area contributed by atoms with Gasteiger partial charge in [-0.05, 0) is 37.3 Å². The van der Waals surface area contributed by atoms with Crippen LogP contribution in [0.4, 0.5) is 0 Å². The highest BCUT2D eigenvalue weighted by Crippen LogP contribution is 2.26. The molecular formula is C20H28N2O2. The highest BCUT2D eigenvalue weighted by molar-refractivity contribution is 5.94. The Morgan fingerprint density at radius 1 is 1.25 bits per heavy atom. The van der Waals surface area contributed by atoms with E-state index in [1.165, 1.54) is 32.1 Å². The predicted octanol–water partition coefficient (Wildman–Crippen LogP) is 3.16. The van der Waals surface area contributed by atoms with Crippen molar-refractivity contribution in [2.45, 2.75) is 58.0 Å². The molecule has 24 heavy (non-hydrogen) atoms. The zero-order valence-electron chi connectivity index (χ0n) is 14.6. The van der Waals surface area contributed by atoms with Crippen molar-refractivity contribution in [2.75, 3.05) is 13.1 Å². The Kier molecular flexibility index (Phi) is 5.67. The molecule has 4 heteroatoms. The quantitative estimate of drug-likeness (QED) is 0.816. The van der Waals surface area contributed by atoms with E-state index in [-0.39, 0.29) is 17.7 Å². The molecule has 0 spiro atoms. The number of nitrogens with zero attached hydrogens (tertiary/aromatic N) is 1. The van der Waals surface area contributed by atoms with Crippen LogP contribution in [0.15, 0.2) is 24.3 Å². The molecule has 0 aromatic heterocycles. The first kappa shape index (κ1) is 17.2. The molecule has 1 aromatic rings. The minimum Gasteiger partial charge on any atom is -0.341 e. The number of carbonyl (C=O) groups excluding carboxylic acids is 2. The molecule has 1 aliphatic heterocycles. The summed E-state index contributed by atoms with van der Waals surface area (Å²) in [5.41, 5.74) is 1.84. The van der Waals surface area contributed by atoms with E-state index in [0.29, 0.717) is 18.9 Å². The fraction of sp³-hybridized carbons (Fsp3) is 0.600. The first-order valence-electron chi connectivity index (χ1n) is 9.23. The SMILES string of the molecule is CC(=O)c1cccc(CNC2CC(=O)N(CC3CCCCC3)C2)c1. The van der Waals surface area contributed by atoms with E-state index in [4.69, 9.17) is 0 Å². The van der Waals surface area contributed by atoms with Crippen LogP contribution in [0.5, 0.6) is 0 Å².